The van der Waals surface area contributed by atoms with E-state index in [4.69, 9.17) is 4.74 Å². The Morgan fingerprint density at radius 1 is 1.00 bits per heavy atom. The number of nitrogens with one attached hydrogen (secondary N) is 2. The third-order valence-electron chi connectivity index (χ3n) is 6.31. The molecule has 2 aliphatic rings. The molecule has 4 rings (SSSR count). The van der Waals surface area contributed by atoms with Gasteiger partial charge in [-0.2, -0.15) is 0 Å². The van der Waals surface area contributed by atoms with Gasteiger partial charge in [-0.25, -0.2) is 9.78 Å². The summed E-state index contributed by atoms with van der Waals surface area (Å²) < 4.78 is 5.34. The summed E-state index contributed by atoms with van der Waals surface area (Å²) in [4.78, 5) is 35.8. The lowest BCUT2D eigenvalue weighted by Crippen LogP contribution is -2.40. The van der Waals surface area contributed by atoms with E-state index in [1.165, 1.54) is 32.1 Å². The number of rotatable bonds is 5. The molecule has 34 heavy (non-hydrogen) atoms. The highest BCUT2D eigenvalue weighted by molar-refractivity contribution is 6.04. The predicted octanol–water partition coefficient (Wildman–Crippen LogP) is 4.88. The van der Waals surface area contributed by atoms with E-state index < -0.39 is 11.7 Å². The fourth-order valence-electron chi connectivity index (χ4n) is 4.59. The van der Waals surface area contributed by atoms with Gasteiger partial charge in [0.2, 0.25) is 0 Å². The molecular formula is C26H35N5O3. The molecule has 1 aliphatic carbocycles. The van der Waals surface area contributed by atoms with Gasteiger partial charge in [0.15, 0.2) is 0 Å². The molecule has 1 saturated heterocycles. The van der Waals surface area contributed by atoms with E-state index >= 15 is 0 Å². The number of ether oxygens (including phenoxy) is 1. The van der Waals surface area contributed by atoms with Crippen molar-refractivity contribution in [2.45, 2.75) is 76.9 Å². The maximum Gasteiger partial charge on any atom is 0.407 e. The summed E-state index contributed by atoms with van der Waals surface area (Å²) in [6, 6.07) is 7.59. The van der Waals surface area contributed by atoms with Gasteiger partial charge in [-0.1, -0.05) is 19.3 Å². The first-order valence-electron chi connectivity index (χ1n) is 12.2. The van der Waals surface area contributed by atoms with E-state index in [1.807, 2.05) is 45.0 Å². The molecule has 1 atom stereocenters. The largest absolute Gasteiger partial charge is 0.444 e. The Kier molecular flexibility index (Phi) is 7.34. The standard InChI is InChI=1S/C26H35N5O3/c1-26(2,3)34-25(33)30-21-13-14-31(17-21)23-12-10-20(16-28-23)29-24(32)19-9-11-22(27-15-19)18-7-5-4-6-8-18/h9-12,15-16,18,21H,4-8,13-14,17H2,1-3H3,(H,29,32)(H,30,33). The highest BCUT2D eigenvalue weighted by atomic mass is 16.6. The molecule has 1 aliphatic heterocycles. The number of anilines is 2. The highest BCUT2D eigenvalue weighted by Crippen LogP contribution is 2.31. The van der Waals surface area contributed by atoms with Gasteiger partial charge in [0.25, 0.3) is 5.91 Å². The summed E-state index contributed by atoms with van der Waals surface area (Å²) in [5.74, 6) is 1.14. The third-order valence-corrected chi connectivity index (χ3v) is 6.31. The Morgan fingerprint density at radius 3 is 2.44 bits per heavy atom. The lowest BCUT2D eigenvalue weighted by atomic mass is 9.86. The maximum atomic E-state index is 12.6. The molecule has 2 aromatic heterocycles. The predicted molar refractivity (Wildman–Crippen MR) is 132 cm³/mol. The van der Waals surface area contributed by atoms with Gasteiger partial charge >= 0.3 is 6.09 Å². The molecule has 1 saturated carbocycles. The van der Waals surface area contributed by atoms with Crippen LogP contribution in [0.15, 0.2) is 36.7 Å². The molecule has 1 unspecified atom stereocenters. The number of pyridine rings is 2. The van der Waals surface area contributed by atoms with Crippen LogP contribution >= 0.6 is 0 Å². The average Bonchev–Trinajstić information content (AvgIpc) is 3.27. The molecule has 2 aromatic rings. The van der Waals surface area contributed by atoms with Gasteiger partial charge in [-0.05, 0) is 64.3 Å². The van der Waals surface area contributed by atoms with Crippen LogP contribution in [0.1, 0.15) is 81.3 Å². The SMILES string of the molecule is CC(C)(C)OC(=O)NC1CCN(c2ccc(NC(=O)c3ccc(C4CCCCC4)nc3)cn2)C1. The van der Waals surface area contributed by atoms with Gasteiger partial charge in [0.1, 0.15) is 11.4 Å². The number of hydrogen-bond donors (Lipinski definition) is 2. The van der Waals surface area contributed by atoms with Crippen molar-refractivity contribution in [3.05, 3.63) is 47.9 Å². The zero-order chi connectivity index (χ0) is 24.1. The summed E-state index contributed by atoms with van der Waals surface area (Å²) in [6.45, 7) is 7.00. The summed E-state index contributed by atoms with van der Waals surface area (Å²) in [5, 5.41) is 5.82. The second-order valence-electron chi connectivity index (χ2n) is 10.2. The lowest BCUT2D eigenvalue weighted by molar-refractivity contribution is 0.0509. The van der Waals surface area contributed by atoms with Crippen LogP contribution in [-0.4, -0.2) is 46.7 Å². The average molecular weight is 466 g/mol. The molecule has 2 amide bonds. The van der Waals surface area contributed by atoms with Gasteiger partial charge in [-0.15, -0.1) is 0 Å². The van der Waals surface area contributed by atoms with Gasteiger partial charge in [-0.3, -0.25) is 9.78 Å². The van der Waals surface area contributed by atoms with E-state index in [0.29, 0.717) is 23.7 Å². The molecule has 0 bridgehead atoms. The Hall–Kier alpha value is -3.16. The number of carbonyl (C=O) groups excluding carboxylic acids is 2. The Bertz CT molecular complexity index is 979. The zero-order valence-electron chi connectivity index (χ0n) is 20.3. The van der Waals surface area contributed by atoms with E-state index in [0.717, 1.165) is 24.5 Å². The van der Waals surface area contributed by atoms with Gasteiger partial charge in [0.05, 0.1) is 23.5 Å². The normalized spacial score (nSPS) is 19.0. The summed E-state index contributed by atoms with van der Waals surface area (Å²) >= 11 is 0. The minimum absolute atomic E-state index is 0.0140. The Morgan fingerprint density at radius 2 is 1.79 bits per heavy atom. The van der Waals surface area contributed by atoms with Crippen LogP contribution in [-0.2, 0) is 4.74 Å². The van der Waals surface area contributed by atoms with Crippen molar-refractivity contribution in [1.29, 1.82) is 0 Å². The van der Waals surface area contributed by atoms with Gasteiger partial charge < -0.3 is 20.3 Å². The van der Waals surface area contributed by atoms with E-state index in [1.54, 1.807) is 12.4 Å². The van der Waals surface area contributed by atoms with Crippen molar-refractivity contribution in [2.75, 3.05) is 23.3 Å². The Labute approximate surface area is 201 Å². The second kappa shape index (κ2) is 10.4. The molecule has 182 valence electrons. The van der Waals surface area contributed by atoms with Crippen LogP contribution in [0.5, 0.6) is 0 Å². The minimum atomic E-state index is -0.516. The van der Waals surface area contributed by atoms with Crippen LogP contribution in [0.25, 0.3) is 0 Å². The monoisotopic (exact) mass is 465 g/mol. The number of nitrogens with zero attached hydrogens (tertiary/aromatic N) is 3. The number of carbonyl (C=O) groups is 2. The first-order chi connectivity index (χ1) is 16.3. The van der Waals surface area contributed by atoms with Crippen molar-refractivity contribution >= 4 is 23.5 Å². The number of amides is 2. The number of hydrogen-bond acceptors (Lipinski definition) is 6. The molecule has 0 radical (unpaired) electrons. The van der Waals surface area contributed by atoms with Crippen molar-refractivity contribution < 1.29 is 14.3 Å². The zero-order valence-corrected chi connectivity index (χ0v) is 20.3. The van der Waals surface area contributed by atoms with E-state index in [-0.39, 0.29) is 11.9 Å². The number of aromatic nitrogens is 2. The second-order valence-corrected chi connectivity index (χ2v) is 10.2. The fourth-order valence-corrected chi connectivity index (χ4v) is 4.59. The van der Waals surface area contributed by atoms with E-state index in [2.05, 4.69) is 25.5 Å². The van der Waals surface area contributed by atoms with E-state index in [9.17, 15) is 9.59 Å². The van der Waals surface area contributed by atoms with Crippen molar-refractivity contribution in [3.8, 4) is 0 Å². The van der Waals surface area contributed by atoms with Crippen LogP contribution in [0.4, 0.5) is 16.3 Å². The van der Waals surface area contributed by atoms with Crippen LogP contribution in [0, 0.1) is 0 Å². The molecule has 0 aromatic carbocycles. The quantitative estimate of drug-likeness (QED) is 0.653. The first kappa shape index (κ1) is 24.0. The minimum Gasteiger partial charge on any atom is -0.444 e. The lowest BCUT2D eigenvalue weighted by Gasteiger charge is -2.22. The molecule has 0 spiro atoms. The van der Waals surface area contributed by atoms with Crippen LogP contribution in [0.3, 0.4) is 0 Å². The molecule has 2 N–H and O–H groups in total. The molecule has 3 heterocycles. The third kappa shape index (κ3) is 6.46. The fraction of sp³-hybridized carbons (Fsp3) is 0.538. The van der Waals surface area contributed by atoms with Crippen LogP contribution < -0.4 is 15.5 Å². The van der Waals surface area contributed by atoms with Crippen molar-refractivity contribution in [3.63, 3.8) is 0 Å². The topological polar surface area (TPSA) is 96.5 Å². The highest BCUT2D eigenvalue weighted by Gasteiger charge is 2.27. The van der Waals surface area contributed by atoms with Crippen LogP contribution in [0.2, 0.25) is 0 Å². The molecular weight excluding hydrogens is 430 g/mol. The van der Waals surface area contributed by atoms with Gasteiger partial charge in [0, 0.05) is 30.9 Å². The molecule has 2 fully saturated rings. The Balaban J connectivity index is 1.28. The van der Waals surface area contributed by atoms with Crippen molar-refractivity contribution in [2.24, 2.45) is 0 Å². The molecule has 8 nitrogen and oxygen atoms in total. The van der Waals surface area contributed by atoms with Crippen molar-refractivity contribution in [1.82, 2.24) is 15.3 Å². The molecule has 8 heteroatoms. The smallest absolute Gasteiger partial charge is 0.407 e. The number of alkyl carbamates (subject to hydrolysis) is 1. The first-order valence-corrected chi connectivity index (χ1v) is 12.2. The summed E-state index contributed by atoms with van der Waals surface area (Å²) in [7, 11) is 0. The maximum absolute atomic E-state index is 12.6. The summed E-state index contributed by atoms with van der Waals surface area (Å²) in [6.07, 6.45) is 9.96. The summed E-state index contributed by atoms with van der Waals surface area (Å²) in [5.41, 5.74) is 1.75.